The van der Waals surface area contributed by atoms with Gasteiger partial charge in [-0.2, -0.15) is 10.5 Å². The highest BCUT2D eigenvalue weighted by Gasteiger charge is 2.16. The van der Waals surface area contributed by atoms with Crippen molar-refractivity contribution in [2.45, 2.75) is 13.3 Å². The third-order valence-electron chi connectivity index (χ3n) is 3.71. The Labute approximate surface area is 176 Å². The average Bonchev–Trinajstić information content (AvgIpc) is 3.03. The van der Waals surface area contributed by atoms with Crippen molar-refractivity contribution in [1.82, 2.24) is 0 Å². The predicted molar refractivity (Wildman–Crippen MR) is 109 cm³/mol. The van der Waals surface area contributed by atoms with Gasteiger partial charge >= 0.3 is 5.97 Å². The average molecular weight is 430 g/mol. The minimum Gasteiger partial charge on any atom is -0.464 e. The van der Waals surface area contributed by atoms with E-state index in [4.69, 9.17) is 21.6 Å². The van der Waals surface area contributed by atoms with E-state index in [0.717, 1.165) is 17.0 Å². The van der Waals surface area contributed by atoms with Crippen LogP contribution in [0.2, 0.25) is 5.02 Å². The van der Waals surface area contributed by atoms with E-state index in [9.17, 15) is 14.9 Å². The van der Waals surface area contributed by atoms with Gasteiger partial charge in [0.15, 0.2) is 11.3 Å². The number of esters is 1. The molecule has 2 aromatic rings. The van der Waals surface area contributed by atoms with Crippen molar-refractivity contribution in [2.75, 3.05) is 24.6 Å². The molecule has 0 atom stereocenters. The Hall–Kier alpha value is -3.27. The first kappa shape index (κ1) is 22.0. The second-order valence-electron chi connectivity index (χ2n) is 5.64. The quantitative estimate of drug-likeness (QED) is 0.321. The van der Waals surface area contributed by atoms with Gasteiger partial charge in [0.1, 0.15) is 18.2 Å². The molecule has 148 valence electrons. The monoisotopic (exact) mass is 429 g/mol. The molecule has 0 N–H and O–H groups in total. The molecule has 2 rings (SSSR count). The molecule has 1 aromatic carbocycles. The Morgan fingerprint density at radius 1 is 1.28 bits per heavy atom. The van der Waals surface area contributed by atoms with Crippen LogP contribution in [0.5, 0.6) is 0 Å². The number of carbonyl (C=O) groups excluding carboxylic acids is 2. The molecule has 0 bridgehead atoms. The summed E-state index contributed by atoms with van der Waals surface area (Å²) < 4.78 is 4.97. The van der Waals surface area contributed by atoms with Crippen LogP contribution < -0.4 is 4.90 Å². The summed E-state index contributed by atoms with van der Waals surface area (Å²) in [6.45, 7) is 2.51. The van der Waals surface area contributed by atoms with Crippen molar-refractivity contribution in [1.29, 1.82) is 10.5 Å². The Balaban J connectivity index is 2.14. The van der Waals surface area contributed by atoms with E-state index in [-0.39, 0.29) is 33.0 Å². The van der Waals surface area contributed by atoms with E-state index in [1.54, 1.807) is 12.1 Å². The molecular formula is C19H16ClN5O3S. The Morgan fingerprint density at radius 2 is 2.00 bits per heavy atom. The third-order valence-corrected chi connectivity index (χ3v) is 5.21. The van der Waals surface area contributed by atoms with E-state index < -0.39 is 0 Å². The zero-order valence-corrected chi connectivity index (χ0v) is 17.0. The summed E-state index contributed by atoms with van der Waals surface area (Å²) in [6, 6.07) is 11.1. The predicted octanol–water partition coefficient (Wildman–Crippen LogP) is 4.78. The summed E-state index contributed by atoms with van der Waals surface area (Å²) in [4.78, 5) is 24.1. The van der Waals surface area contributed by atoms with Crippen LogP contribution in [-0.4, -0.2) is 32.0 Å². The Morgan fingerprint density at radius 3 is 2.59 bits per heavy atom. The van der Waals surface area contributed by atoms with Crippen LogP contribution in [0.3, 0.4) is 0 Å². The lowest BCUT2D eigenvalue weighted by atomic mass is 10.2. The SMILES string of the molecule is CC(=O)OCCN(CCC#N)c1ccc(N=Nc2sc(C=O)c(Cl)c2C#N)cc1. The summed E-state index contributed by atoms with van der Waals surface area (Å²) in [5.41, 5.74) is 1.49. The lowest BCUT2D eigenvalue weighted by Gasteiger charge is -2.23. The molecule has 0 saturated carbocycles. The standard InChI is InChI=1S/C19H16ClN5O3S/c1-13(27)28-10-9-25(8-2-7-21)15-5-3-14(4-6-15)23-24-19-16(11-22)18(20)17(12-26)29-19/h3-6,12H,2,8-10H2,1H3. The number of nitrogens with zero attached hydrogens (tertiary/aromatic N) is 5. The summed E-state index contributed by atoms with van der Waals surface area (Å²) in [5, 5.41) is 26.5. The van der Waals surface area contributed by atoms with Crippen molar-refractivity contribution in [3.05, 3.63) is 39.7 Å². The van der Waals surface area contributed by atoms with Gasteiger partial charge in [0.05, 0.1) is 34.6 Å². The van der Waals surface area contributed by atoms with Crippen molar-refractivity contribution >= 4 is 51.6 Å². The van der Waals surface area contributed by atoms with Crippen LogP contribution in [-0.2, 0) is 9.53 Å². The second kappa shape index (κ2) is 10.9. The van der Waals surface area contributed by atoms with Gasteiger partial charge < -0.3 is 9.64 Å². The number of azo groups is 1. The molecule has 0 aliphatic carbocycles. The molecule has 0 spiro atoms. The van der Waals surface area contributed by atoms with Crippen LogP contribution in [0.25, 0.3) is 0 Å². The van der Waals surface area contributed by atoms with Gasteiger partial charge in [-0.25, -0.2) is 0 Å². The Kier molecular flexibility index (Phi) is 8.28. The number of anilines is 1. The van der Waals surface area contributed by atoms with Crippen molar-refractivity contribution < 1.29 is 14.3 Å². The smallest absolute Gasteiger partial charge is 0.302 e. The first-order valence-electron chi connectivity index (χ1n) is 8.44. The molecule has 0 radical (unpaired) electrons. The van der Waals surface area contributed by atoms with E-state index in [1.165, 1.54) is 6.92 Å². The van der Waals surface area contributed by atoms with Crippen LogP contribution >= 0.6 is 22.9 Å². The molecule has 1 heterocycles. The van der Waals surface area contributed by atoms with Crippen molar-refractivity contribution in [3.8, 4) is 12.1 Å². The largest absolute Gasteiger partial charge is 0.464 e. The van der Waals surface area contributed by atoms with Gasteiger partial charge in [0, 0.05) is 19.2 Å². The summed E-state index contributed by atoms with van der Waals surface area (Å²) in [6.07, 6.45) is 0.907. The van der Waals surface area contributed by atoms with E-state index in [1.807, 2.05) is 23.1 Å². The first-order chi connectivity index (χ1) is 14.0. The topological polar surface area (TPSA) is 119 Å². The fraction of sp³-hybridized carbons (Fsp3) is 0.263. The molecule has 1 aromatic heterocycles. The number of aldehydes is 1. The summed E-state index contributed by atoms with van der Waals surface area (Å²) >= 11 is 6.96. The van der Waals surface area contributed by atoms with Gasteiger partial charge in [-0.05, 0) is 24.3 Å². The summed E-state index contributed by atoms with van der Waals surface area (Å²) in [7, 11) is 0. The number of rotatable bonds is 9. The van der Waals surface area contributed by atoms with Crippen LogP contribution in [0.1, 0.15) is 28.6 Å². The maximum atomic E-state index is 11.0. The molecule has 0 unspecified atom stereocenters. The zero-order chi connectivity index (χ0) is 21.2. The Bertz CT molecular complexity index is 989. The molecule has 0 aliphatic heterocycles. The minimum atomic E-state index is -0.357. The molecule has 8 nitrogen and oxygen atoms in total. The highest BCUT2D eigenvalue weighted by atomic mass is 35.5. The molecule has 10 heteroatoms. The molecular weight excluding hydrogens is 414 g/mol. The van der Waals surface area contributed by atoms with Gasteiger partial charge in [-0.3, -0.25) is 9.59 Å². The van der Waals surface area contributed by atoms with Crippen molar-refractivity contribution in [2.24, 2.45) is 10.2 Å². The van der Waals surface area contributed by atoms with E-state index >= 15 is 0 Å². The number of thiophene rings is 1. The lowest BCUT2D eigenvalue weighted by molar-refractivity contribution is -0.140. The third kappa shape index (κ3) is 6.11. The zero-order valence-electron chi connectivity index (χ0n) is 15.5. The highest BCUT2D eigenvalue weighted by Crippen LogP contribution is 2.38. The van der Waals surface area contributed by atoms with Gasteiger partial charge in [-0.15, -0.1) is 21.6 Å². The number of hydrogen-bond acceptors (Lipinski definition) is 9. The molecule has 0 fully saturated rings. The fourth-order valence-electron chi connectivity index (χ4n) is 2.35. The number of benzene rings is 1. The van der Waals surface area contributed by atoms with Crippen LogP contribution in [0, 0.1) is 22.7 Å². The molecule has 29 heavy (non-hydrogen) atoms. The van der Waals surface area contributed by atoms with Gasteiger partial charge in [0.25, 0.3) is 0 Å². The van der Waals surface area contributed by atoms with Gasteiger partial charge in [-0.1, -0.05) is 11.6 Å². The maximum absolute atomic E-state index is 11.0. The fourth-order valence-corrected chi connectivity index (χ4v) is 3.48. The molecule has 0 amide bonds. The van der Waals surface area contributed by atoms with E-state index in [2.05, 4.69) is 16.3 Å². The van der Waals surface area contributed by atoms with Crippen LogP contribution in [0.4, 0.5) is 16.4 Å². The molecule has 0 saturated heterocycles. The second-order valence-corrected chi connectivity index (χ2v) is 7.05. The maximum Gasteiger partial charge on any atom is 0.302 e. The van der Waals surface area contributed by atoms with E-state index in [0.29, 0.717) is 31.5 Å². The first-order valence-corrected chi connectivity index (χ1v) is 9.64. The number of ether oxygens (including phenoxy) is 1. The molecule has 0 aliphatic rings. The summed E-state index contributed by atoms with van der Waals surface area (Å²) in [5.74, 6) is -0.357. The highest BCUT2D eigenvalue weighted by molar-refractivity contribution is 7.18. The number of carbonyl (C=O) groups is 2. The normalized spacial score (nSPS) is 10.3. The van der Waals surface area contributed by atoms with Crippen LogP contribution in [0.15, 0.2) is 34.5 Å². The van der Waals surface area contributed by atoms with Crippen molar-refractivity contribution in [3.63, 3.8) is 0 Å². The minimum absolute atomic E-state index is 0.0812. The number of hydrogen-bond donors (Lipinski definition) is 0. The number of nitriles is 2. The van der Waals surface area contributed by atoms with Gasteiger partial charge in [0.2, 0.25) is 0 Å². The lowest BCUT2D eigenvalue weighted by Crippen LogP contribution is -2.28. The number of halogens is 1.